The number of halogens is 1. The zero-order valence-corrected chi connectivity index (χ0v) is 15.2. The minimum absolute atomic E-state index is 0. The molecule has 0 aromatic heterocycles. The average molecular weight is 353 g/mol. The fraction of sp³-hybridized carbons (Fsp3) is 0.632. The highest BCUT2D eigenvalue weighted by Gasteiger charge is 2.36. The van der Waals surface area contributed by atoms with E-state index in [1.54, 1.807) is 0 Å². The van der Waals surface area contributed by atoms with E-state index in [0.717, 1.165) is 19.4 Å². The Bertz CT molecular complexity index is 521. The highest BCUT2D eigenvalue weighted by molar-refractivity contribution is 5.85. The van der Waals surface area contributed by atoms with Crippen LogP contribution in [0.15, 0.2) is 30.3 Å². The van der Waals surface area contributed by atoms with Crippen molar-refractivity contribution in [2.45, 2.75) is 57.3 Å². The molecule has 1 amide bonds. The summed E-state index contributed by atoms with van der Waals surface area (Å²) in [5, 5.41) is 0. The number of nitrogens with two attached hydrogens (primary N) is 1. The van der Waals surface area contributed by atoms with E-state index in [0.29, 0.717) is 12.5 Å². The van der Waals surface area contributed by atoms with Crippen molar-refractivity contribution in [2.75, 3.05) is 13.1 Å². The van der Waals surface area contributed by atoms with Crippen molar-refractivity contribution in [2.24, 2.45) is 11.7 Å². The lowest BCUT2D eigenvalue weighted by molar-refractivity contribution is -0.146. The van der Waals surface area contributed by atoms with Gasteiger partial charge in [-0.3, -0.25) is 4.79 Å². The molecule has 1 heterocycles. The lowest BCUT2D eigenvalue weighted by atomic mass is 9.84. The third kappa shape index (κ3) is 4.29. The first kappa shape index (κ1) is 19.2. The van der Waals surface area contributed by atoms with Crippen LogP contribution in [0.1, 0.15) is 50.6 Å². The summed E-state index contributed by atoms with van der Waals surface area (Å²) in [6.45, 7) is 3.48. The molecule has 134 valence electrons. The molecule has 1 aromatic rings. The second kappa shape index (κ2) is 8.84. The van der Waals surface area contributed by atoms with E-state index >= 15 is 0 Å². The van der Waals surface area contributed by atoms with Crippen LogP contribution in [-0.2, 0) is 9.53 Å². The molecule has 5 heteroatoms. The minimum atomic E-state index is -0.310. The zero-order valence-electron chi connectivity index (χ0n) is 14.4. The summed E-state index contributed by atoms with van der Waals surface area (Å²) in [5.41, 5.74) is 6.87. The molecule has 1 saturated carbocycles. The normalized spacial score (nSPS) is 24.8. The summed E-state index contributed by atoms with van der Waals surface area (Å²) in [6, 6.07) is 10.4. The van der Waals surface area contributed by atoms with Crippen LogP contribution in [0.4, 0.5) is 0 Å². The zero-order chi connectivity index (χ0) is 16.2. The van der Waals surface area contributed by atoms with Gasteiger partial charge in [0.1, 0.15) is 6.10 Å². The molecule has 2 aliphatic rings. The molecule has 3 atom stereocenters. The van der Waals surface area contributed by atoms with Crippen molar-refractivity contribution in [3.8, 4) is 0 Å². The number of rotatable bonds is 6. The summed E-state index contributed by atoms with van der Waals surface area (Å²) in [5.74, 6) is 0.793. The van der Waals surface area contributed by atoms with Gasteiger partial charge in [0.25, 0.3) is 5.91 Å². The van der Waals surface area contributed by atoms with E-state index in [1.165, 1.54) is 24.8 Å². The van der Waals surface area contributed by atoms with Crippen LogP contribution in [-0.4, -0.2) is 36.1 Å². The molecule has 2 N–H and O–H groups in total. The number of nitrogens with zero attached hydrogens (tertiary/aromatic N) is 1. The van der Waals surface area contributed by atoms with Crippen LogP contribution in [0.25, 0.3) is 0 Å². The lowest BCUT2D eigenvalue weighted by Gasteiger charge is -2.37. The number of hydrogen-bond donors (Lipinski definition) is 1. The van der Waals surface area contributed by atoms with Crippen LogP contribution < -0.4 is 5.73 Å². The summed E-state index contributed by atoms with van der Waals surface area (Å²) in [6.07, 6.45) is 5.19. The first-order chi connectivity index (χ1) is 11.2. The molecule has 1 aromatic carbocycles. The number of amides is 1. The van der Waals surface area contributed by atoms with Crippen molar-refractivity contribution in [3.05, 3.63) is 35.9 Å². The van der Waals surface area contributed by atoms with Crippen molar-refractivity contribution in [1.82, 2.24) is 4.90 Å². The summed E-state index contributed by atoms with van der Waals surface area (Å²) >= 11 is 0. The van der Waals surface area contributed by atoms with Gasteiger partial charge in [-0.25, -0.2) is 0 Å². The van der Waals surface area contributed by atoms with E-state index in [1.807, 2.05) is 23.1 Å². The van der Waals surface area contributed by atoms with E-state index < -0.39 is 0 Å². The Kier molecular flexibility index (Phi) is 7.08. The van der Waals surface area contributed by atoms with Crippen molar-refractivity contribution in [1.29, 1.82) is 0 Å². The Morgan fingerprint density at radius 2 is 1.96 bits per heavy atom. The van der Waals surface area contributed by atoms with Crippen LogP contribution >= 0.6 is 12.4 Å². The molecule has 24 heavy (non-hydrogen) atoms. The molecular weight excluding hydrogens is 324 g/mol. The third-order valence-corrected chi connectivity index (χ3v) is 5.36. The quantitative estimate of drug-likeness (QED) is 0.854. The highest BCUT2D eigenvalue weighted by atomic mass is 35.5. The number of carbonyl (C=O) groups is 1. The Morgan fingerprint density at radius 3 is 2.50 bits per heavy atom. The summed E-state index contributed by atoms with van der Waals surface area (Å²) in [7, 11) is 0. The monoisotopic (exact) mass is 352 g/mol. The van der Waals surface area contributed by atoms with Gasteiger partial charge < -0.3 is 15.4 Å². The van der Waals surface area contributed by atoms with Gasteiger partial charge in [0.05, 0.1) is 12.1 Å². The molecule has 4 nitrogen and oxygen atoms in total. The van der Waals surface area contributed by atoms with Crippen molar-refractivity contribution >= 4 is 18.3 Å². The van der Waals surface area contributed by atoms with Crippen molar-refractivity contribution < 1.29 is 9.53 Å². The molecular formula is C19H29ClN2O2. The number of carbonyl (C=O) groups excluding carboxylic acids is 1. The van der Waals surface area contributed by atoms with Gasteiger partial charge in [0.2, 0.25) is 0 Å². The first-order valence-corrected chi connectivity index (χ1v) is 8.90. The van der Waals surface area contributed by atoms with E-state index in [9.17, 15) is 4.79 Å². The molecule has 1 aliphatic heterocycles. The van der Waals surface area contributed by atoms with Crippen LogP contribution in [0.3, 0.4) is 0 Å². The molecule has 0 spiro atoms. The Labute approximate surface area is 151 Å². The molecule has 1 unspecified atom stereocenters. The Hall–Kier alpha value is -1.10. The van der Waals surface area contributed by atoms with Gasteiger partial charge in [-0.05, 0) is 44.1 Å². The lowest BCUT2D eigenvalue weighted by Crippen LogP contribution is -2.44. The smallest absolute Gasteiger partial charge is 0.252 e. The molecule has 1 aliphatic carbocycles. The molecule has 3 rings (SSSR count). The van der Waals surface area contributed by atoms with E-state index in [4.69, 9.17) is 10.5 Å². The Balaban J connectivity index is 0.00000208. The van der Waals surface area contributed by atoms with E-state index in [-0.39, 0.29) is 36.6 Å². The molecule has 0 bridgehead atoms. The summed E-state index contributed by atoms with van der Waals surface area (Å²) in [4.78, 5) is 15.1. The topological polar surface area (TPSA) is 55.6 Å². The third-order valence-electron chi connectivity index (χ3n) is 5.36. The first-order valence-electron chi connectivity index (χ1n) is 8.90. The Morgan fingerprint density at radius 1 is 1.25 bits per heavy atom. The van der Waals surface area contributed by atoms with Gasteiger partial charge in [-0.2, -0.15) is 0 Å². The van der Waals surface area contributed by atoms with Crippen LogP contribution in [0.2, 0.25) is 0 Å². The number of benzene rings is 1. The maximum atomic E-state index is 13.1. The predicted molar refractivity (Wildman–Crippen MR) is 98.1 cm³/mol. The second-order valence-electron chi connectivity index (χ2n) is 6.93. The second-order valence-corrected chi connectivity index (χ2v) is 6.93. The minimum Gasteiger partial charge on any atom is -0.364 e. The maximum Gasteiger partial charge on any atom is 0.252 e. The van der Waals surface area contributed by atoms with Crippen LogP contribution in [0.5, 0.6) is 0 Å². The van der Waals surface area contributed by atoms with Gasteiger partial charge >= 0.3 is 0 Å². The van der Waals surface area contributed by atoms with Gasteiger partial charge in [0.15, 0.2) is 0 Å². The highest BCUT2D eigenvalue weighted by Crippen LogP contribution is 2.32. The standard InChI is InChI=1S/C19H28N2O2.ClH/c1-14(16-8-3-2-4-9-16)21(13-15-6-5-7-15)19(22)18-11-10-17(12-20)23-18;/h2-4,8-9,14-15,17-18H,5-7,10-13,20H2,1H3;1H/t14?,17-,18+;/m1./s1. The molecule has 0 radical (unpaired) electrons. The fourth-order valence-corrected chi connectivity index (χ4v) is 3.55. The number of ether oxygens (including phenoxy) is 1. The largest absolute Gasteiger partial charge is 0.364 e. The number of hydrogen-bond acceptors (Lipinski definition) is 3. The molecule has 1 saturated heterocycles. The SMILES string of the molecule is CC(c1ccccc1)N(CC1CCC1)C(=O)[C@@H]1CC[C@H](CN)O1.Cl. The van der Waals surface area contributed by atoms with Gasteiger partial charge in [-0.1, -0.05) is 36.8 Å². The summed E-state index contributed by atoms with van der Waals surface area (Å²) < 4.78 is 5.86. The van der Waals surface area contributed by atoms with E-state index in [2.05, 4.69) is 19.1 Å². The van der Waals surface area contributed by atoms with Gasteiger partial charge in [0, 0.05) is 13.1 Å². The van der Waals surface area contributed by atoms with Gasteiger partial charge in [-0.15, -0.1) is 12.4 Å². The fourth-order valence-electron chi connectivity index (χ4n) is 3.55. The van der Waals surface area contributed by atoms with Crippen molar-refractivity contribution in [3.63, 3.8) is 0 Å². The average Bonchev–Trinajstić information content (AvgIpc) is 3.03. The van der Waals surface area contributed by atoms with Crippen LogP contribution in [0, 0.1) is 5.92 Å². The maximum absolute atomic E-state index is 13.1. The molecule has 2 fully saturated rings. The predicted octanol–water partition coefficient (Wildman–Crippen LogP) is 3.30.